The normalized spacial score (nSPS) is 14.3. The molecule has 4 amide bonds. The minimum atomic E-state index is -1.57. The molecule has 14 nitrogen and oxygen atoms in total. The standard InChI is InChI=1S/C21H38N6O8/c1-11(2)9-15(21(34)35)27-19(32)13(5-3-4-8-22)25-20(33)14(10-17(29)30)26-18(31)12(23)6-7-16(24)28/h11-15H,3-10,22-23H2,1-2H3,(H2,24,28)(H,25,33)(H,26,31)(H,27,32)(H,29,30)(H,34,35). The first-order chi connectivity index (χ1) is 16.3. The Balaban J connectivity index is 5.51. The van der Waals surface area contributed by atoms with Crippen molar-refractivity contribution in [2.75, 3.05) is 6.54 Å². The molecule has 11 N–H and O–H groups in total. The number of carboxylic acids is 2. The Bertz CT molecular complexity index is 760. The first kappa shape index (κ1) is 31.7. The SMILES string of the molecule is CC(C)CC(NC(=O)C(CCCCN)NC(=O)C(CC(=O)O)NC(=O)C(N)CCC(N)=O)C(=O)O. The third-order valence-electron chi connectivity index (χ3n) is 4.95. The molecule has 0 aliphatic heterocycles. The third-order valence-corrected chi connectivity index (χ3v) is 4.95. The van der Waals surface area contributed by atoms with Crippen molar-refractivity contribution in [3.05, 3.63) is 0 Å². The molecule has 35 heavy (non-hydrogen) atoms. The van der Waals surface area contributed by atoms with Gasteiger partial charge in [-0.15, -0.1) is 0 Å². The summed E-state index contributed by atoms with van der Waals surface area (Å²) in [6, 6.07) is -5.17. The molecule has 0 spiro atoms. The van der Waals surface area contributed by atoms with Crippen LogP contribution in [0.3, 0.4) is 0 Å². The number of hydrogen-bond donors (Lipinski definition) is 8. The zero-order valence-electron chi connectivity index (χ0n) is 20.1. The molecule has 4 atom stereocenters. The van der Waals surface area contributed by atoms with Gasteiger partial charge in [0.25, 0.3) is 0 Å². The van der Waals surface area contributed by atoms with Gasteiger partial charge in [-0.1, -0.05) is 13.8 Å². The summed E-state index contributed by atoms with van der Waals surface area (Å²) in [5.74, 6) is -5.96. The lowest BCUT2D eigenvalue weighted by Crippen LogP contribution is -2.57. The molecule has 0 rings (SSSR count). The summed E-state index contributed by atoms with van der Waals surface area (Å²) in [6.07, 6.45) is 0.110. The molecule has 4 unspecified atom stereocenters. The number of carbonyl (C=O) groups excluding carboxylic acids is 4. The van der Waals surface area contributed by atoms with E-state index >= 15 is 0 Å². The fourth-order valence-corrected chi connectivity index (χ4v) is 3.09. The van der Waals surface area contributed by atoms with Crippen LogP contribution >= 0.6 is 0 Å². The van der Waals surface area contributed by atoms with Crippen molar-refractivity contribution in [1.82, 2.24) is 16.0 Å². The van der Waals surface area contributed by atoms with Crippen molar-refractivity contribution in [1.29, 1.82) is 0 Å². The number of carbonyl (C=O) groups is 6. The van der Waals surface area contributed by atoms with E-state index in [2.05, 4.69) is 16.0 Å². The zero-order chi connectivity index (χ0) is 27.1. The monoisotopic (exact) mass is 502 g/mol. The van der Waals surface area contributed by atoms with Crippen LogP contribution in [0.2, 0.25) is 0 Å². The van der Waals surface area contributed by atoms with Gasteiger partial charge in [0.05, 0.1) is 12.5 Å². The molecule has 0 aromatic carbocycles. The van der Waals surface area contributed by atoms with E-state index in [0.717, 1.165) is 0 Å². The Morgan fingerprint density at radius 1 is 0.800 bits per heavy atom. The molecule has 0 saturated carbocycles. The Morgan fingerprint density at radius 3 is 1.83 bits per heavy atom. The Hall–Kier alpha value is -3.26. The number of nitrogens with one attached hydrogen (secondary N) is 3. The van der Waals surface area contributed by atoms with E-state index < -0.39 is 66.2 Å². The minimum absolute atomic E-state index is 0.0318. The number of nitrogens with two attached hydrogens (primary N) is 3. The van der Waals surface area contributed by atoms with Crippen LogP contribution in [0.5, 0.6) is 0 Å². The maximum atomic E-state index is 12.8. The summed E-state index contributed by atoms with van der Waals surface area (Å²) in [5, 5.41) is 25.6. The van der Waals surface area contributed by atoms with Crippen molar-refractivity contribution in [3.63, 3.8) is 0 Å². The maximum absolute atomic E-state index is 12.8. The molecular weight excluding hydrogens is 464 g/mol. The summed E-state index contributed by atoms with van der Waals surface area (Å²) in [4.78, 5) is 71.6. The van der Waals surface area contributed by atoms with Crippen molar-refractivity contribution >= 4 is 35.6 Å². The van der Waals surface area contributed by atoms with Crippen molar-refractivity contribution in [3.8, 4) is 0 Å². The number of amides is 4. The lowest BCUT2D eigenvalue weighted by molar-refractivity contribution is -0.143. The van der Waals surface area contributed by atoms with Crippen LogP contribution in [-0.2, 0) is 28.8 Å². The summed E-state index contributed by atoms with van der Waals surface area (Å²) < 4.78 is 0. The molecular formula is C21H38N6O8. The highest BCUT2D eigenvalue weighted by atomic mass is 16.4. The third kappa shape index (κ3) is 13.9. The quantitative estimate of drug-likeness (QED) is 0.0935. The Labute approximate surface area is 203 Å². The number of aliphatic carboxylic acids is 2. The van der Waals surface area contributed by atoms with Crippen molar-refractivity contribution < 1.29 is 39.0 Å². The second kappa shape index (κ2) is 16.4. The molecule has 0 bridgehead atoms. The van der Waals surface area contributed by atoms with Gasteiger partial charge in [0.15, 0.2) is 0 Å². The molecule has 0 aliphatic carbocycles. The number of unbranched alkanes of at least 4 members (excludes halogenated alkanes) is 1. The van der Waals surface area contributed by atoms with E-state index in [9.17, 15) is 33.9 Å². The molecule has 0 heterocycles. The first-order valence-corrected chi connectivity index (χ1v) is 11.4. The predicted molar refractivity (Wildman–Crippen MR) is 124 cm³/mol. The molecule has 0 aromatic rings. The van der Waals surface area contributed by atoms with Gasteiger partial charge >= 0.3 is 11.9 Å². The smallest absolute Gasteiger partial charge is 0.326 e. The lowest BCUT2D eigenvalue weighted by Gasteiger charge is -2.25. The van der Waals surface area contributed by atoms with E-state index in [1.165, 1.54) is 0 Å². The molecule has 0 saturated heterocycles. The van der Waals surface area contributed by atoms with Crippen LogP contribution in [0.1, 0.15) is 58.8 Å². The number of carboxylic acid groups (broad SMARTS) is 2. The van der Waals surface area contributed by atoms with Crippen LogP contribution in [-0.4, -0.2) is 76.5 Å². The topological polar surface area (TPSA) is 257 Å². The van der Waals surface area contributed by atoms with Crippen LogP contribution in [0.25, 0.3) is 0 Å². The van der Waals surface area contributed by atoms with Crippen LogP contribution < -0.4 is 33.2 Å². The highest BCUT2D eigenvalue weighted by molar-refractivity contribution is 5.95. The van der Waals surface area contributed by atoms with E-state index in [1.54, 1.807) is 13.8 Å². The van der Waals surface area contributed by atoms with Crippen molar-refractivity contribution in [2.45, 2.75) is 83.0 Å². The average Bonchev–Trinajstić information content (AvgIpc) is 2.74. The van der Waals surface area contributed by atoms with Gasteiger partial charge in [-0.05, 0) is 44.6 Å². The van der Waals surface area contributed by atoms with Gasteiger partial charge in [0, 0.05) is 6.42 Å². The van der Waals surface area contributed by atoms with Gasteiger partial charge in [-0.2, -0.15) is 0 Å². The van der Waals surface area contributed by atoms with E-state index in [4.69, 9.17) is 22.3 Å². The Morgan fingerprint density at radius 2 is 1.34 bits per heavy atom. The molecule has 0 radical (unpaired) electrons. The van der Waals surface area contributed by atoms with Crippen LogP contribution in [0.15, 0.2) is 0 Å². The highest BCUT2D eigenvalue weighted by Crippen LogP contribution is 2.08. The fourth-order valence-electron chi connectivity index (χ4n) is 3.09. The van der Waals surface area contributed by atoms with Gasteiger partial charge in [0.1, 0.15) is 18.1 Å². The molecule has 14 heteroatoms. The van der Waals surface area contributed by atoms with Crippen LogP contribution in [0.4, 0.5) is 0 Å². The predicted octanol–water partition coefficient (Wildman–Crippen LogP) is -2.23. The van der Waals surface area contributed by atoms with E-state index in [1.807, 2.05) is 0 Å². The summed E-state index contributed by atoms with van der Waals surface area (Å²) in [7, 11) is 0. The second-order valence-electron chi connectivity index (χ2n) is 8.65. The summed E-state index contributed by atoms with van der Waals surface area (Å²) in [5.41, 5.74) is 16.2. The van der Waals surface area contributed by atoms with Crippen LogP contribution in [0, 0.1) is 5.92 Å². The number of rotatable bonds is 18. The summed E-state index contributed by atoms with van der Waals surface area (Å²) >= 11 is 0. The summed E-state index contributed by atoms with van der Waals surface area (Å²) in [6.45, 7) is 3.90. The maximum Gasteiger partial charge on any atom is 0.326 e. The molecule has 200 valence electrons. The lowest BCUT2D eigenvalue weighted by atomic mass is 10.0. The zero-order valence-corrected chi connectivity index (χ0v) is 20.1. The highest BCUT2D eigenvalue weighted by Gasteiger charge is 2.31. The van der Waals surface area contributed by atoms with Crippen molar-refractivity contribution in [2.24, 2.45) is 23.1 Å². The minimum Gasteiger partial charge on any atom is -0.481 e. The second-order valence-corrected chi connectivity index (χ2v) is 8.65. The molecule has 0 aliphatic rings. The average molecular weight is 503 g/mol. The largest absolute Gasteiger partial charge is 0.481 e. The van der Waals surface area contributed by atoms with E-state index in [0.29, 0.717) is 19.4 Å². The van der Waals surface area contributed by atoms with Gasteiger partial charge in [0.2, 0.25) is 23.6 Å². The van der Waals surface area contributed by atoms with Gasteiger partial charge in [-0.3, -0.25) is 24.0 Å². The Kier molecular flexibility index (Phi) is 14.9. The number of hydrogen-bond acceptors (Lipinski definition) is 8. The van der Waals surface area contributed by atoms with E-state index in [-0.39, 0.29) is 31.6 Å². The fraction of sp³-hybridized carbons (Fsp3) is 0.714. The molecule has 0 fully saturated rings. The first-order valence-electron chi connectivity index (χ1n) is 11.4. The molecule has 0 aromatic heterocycles. The van der Waals surface area contributed by atoms with Gasteiger partial charge < -0.3 is 43.4 Å². The van der Waals surface area contributed by atoms with Gasteiger partial charge in [-0.25, -0.2) is 4.79 Å². The number of primary amides is 1.